The molecule has 1 aromatic carbocycles. The standard InChI is InChI=1S/C17H17F3N2O2.C2H2O4/c18-17(19,20)14-5-2-1-4-13(14)12-21-7-9-22(10-8-21)16(23)15-6-3-11-24-15;3-1(4)2(5)6/h1-6,11H,7-10,12H2;(H,3,4)(H,5,6). The van der Waals surface area contributed by atoms with Gasteiger partial charge in [-0.1, -0.05) is 18.2 Å². The topological polar surface area (TPSA) is 111 Å². The molecule has 1 amide bonds. The van der Waals surface area contributed by atoms with Crippen LogP contribution in [0.1, 0.15) is 21.7 Å². The van der Waals surface area contributed by atoms with E-state index in [0.29, 0.717) is 26.2 Å². The minimum absolute atomic E-state index is 0.185. The van der Waals surface area contributed by atoms with Gasteiger partial charge in [0.25, 0.3) is 5.91 Å². The van der Waals surface area contributed by atoms with E-state index in [1.807, 2.05) is 4.90 Å². The van der Waals surface area contributed by atoms with E-state index in [4.69, 9.17) is 24.2 Å². The number of carbonyl (C=O) groups is 3. The summed E-state index contributed by atoms with van der Waals surface area (Å²) in [5, 5.41) is 14.8. The van der Waals surface area contributed by atoms with E-state index in [0.717, 1.165) is 6.07 Å². The zero-order chi connectivity index (χ0) is 22.3. The quantitative estimate of drug-likeness (QED) is 0.723. The normalized spacial score (nSPS) is 14.6. The molecule has 162 valence electrons. The van der Waals surface area contributed by atoms with E-state index >= 15 is 0 Å². The van der Waals surface area contributed by atoms with Gasteiger partial charge in [0.05, 0.1) is 11.8 Å². The third-order valence-corrected chi connectivity index (χ3v) is 4.29. The summed E-state index contributed by atoms with van der Waals surface area (Å²) in [7, 11) is 0. The maximum absolute atomic E-state index is 13.0. The number of benzene rings is 1. The first-order chi connectivity index (χ1) is 14.1. The van der Waals surface area contributed by atoms with E-state index in [1.165, 1.54) is 18.4 Å². The fraction of sp³-hybridized carbons (Fsp3) is 0.316. The number of rotatable bonds is 3. The number of hydrogen-bond donors (Lipinski definition) is 2. The van der Waals surface area contributed by atoms with Crippen molar-refractivity contribution in [3.63, 3.8) is 0 Å². The molecule has 1 fully saturated rings. The maximum Gasteiger partial charge on any atom is 0.416 e. The lowest BCUT2D eigenvalue weighted by Crippen LogP contribution is -2.48. The first kappa shape index (κ1) is 22.9. The summed E-state index contributed by atoms with van der Waals surface area (Å²) in [6.45, 7) is 2.21. The van der Waals surface area contributed by atoms with Gasteiger partial charge in [0.15, 0.2) is 5.76 Å². The lowest BCUT2D eigenvalue weighted by molar-refractivity contribution is -0.159. The van der Waals surface area contributed by atoms with Crippen LogP contribution in [0.2, 0.25) is 0 Å². The molecule has 2 heterocycles. The van der Waals surface area contributed by atoms with Crippen LogP contribution in [0, 0.1) is 0 Å². The van der Waals surface area contributed by atoms with Crippen LogP contribution < -0.4 is 0 Å². The molecule has 0 atom stereocenters. The fourth-order valence-corrected chi connectivity index (χ4v) is 2.84. The van der Waals surface area contributed by atoms with Gasteiger partial charge in [-0.15, -0.1) is 0 Å². The summed E-state index contributed by atoms with van der Waals surface area (Å²) >= 11 is 0. The van der Waals surface area contributed by atoms with Gasteiger partial charge in [-0.3, -0.25) is 9.69 Å². The second kappa shape index (κ2) is 9.92. The molecule has 0 unspecified atom stereocenters. The molecular formula is C19H19F3N2O6. The first-order valence-corrected chi connectivity index (χ1v) is 8.76. The van der Waals surface area contributed by atoms with Crippen molar-refractivity contribution in [3.05, 3.63) is 59.5 Å². The highest BCUT2D eigenvalue weighted by atomic mass is 19.4. The van der Waals surface area contributed by atoms with Gasteiger partial charge >= 0.3 is 18.1 Å². The zero-order valence-corrected chi connectivity index (χ0v) is 15.6. The Morgan fingerprint density at radius 1 is 0.933 bits per heavy atom. The van der Waals surface area contributed by atoms with Gasteiger partial charge in [-0.25, -0.2) is 9.59 Å². The molecule has 30 heavy (non-hydrogen) atoms. The van der Waals surface area contributed by atoms with Crippen LogP contribution in [0.5, 0.6) is 0 Å². The number of halogens is 3. The number of piperazine rings is 1. The average molecular weight is 428 g/mol. The summed E-state index contributed by atoms with van der Waals surface area (Å²) < 4.78 is 44.2. The fourth-order valence-electron chi connectivity index (χ4n) is 2.84. The number of carboxylic acids is 2. The SMILES string of the molecule is O=C(O)C(=O)O.O=C(c1ccco1)N1CCN(Cc2ccccc2C(F)(F)F)CC1. The Labute approximate surface area is 169 Å². The Hall–Kier alpha value is -3.34. The lowest BCUT2D eigenvalue weighted by atomic mass is 10.1. The van der Waals surface area contributed by atoms with Gasteiger partial charge in [-0.2, -0.15) is 13.2 Å². The number of nitrogens with zero attached hydrogens (tertiary/aromatic N) is 2. The molecular weight excluding hydrogens is 409 g/mol. The minimum Gasteiger partial charge on any atom is -0.473 e. The van der Waals surface area contributed by atoms with E-state index in [9.17, 15) is 18.0 Å². The van der Waals surface area contributed by atoms with Crippen LogP contribution in [-0.2, 0) is 22.3 Å². The Bertz CT molecular complexity index is 863. The van der Waals surface area contributed by atoms with E-state index in [-0.39, 0.29) is 23.8 Å². The number of furan rings is 1. The van der Waals surface area contributed by atoms with Gasteiger partial charge in [0.1, 0.15) is 0 Å². The van der Waals surface area contributed by atoms with Crippen molar-refractivity contribution in [1.29, 1.82) is 0 Å². The summed E-state index contributed by atoms with van der Waals surface area (Å²) in [6, 6.07) is 8.87. The van der Waals surface area contributed by atoms with Gasteiger partial charge in [0, 0.05) is 32.7 Å². The van der Waals surface area contributed by atoms with Crippen molar-refractivity contribution >= 4 is 17.8 Å². The summed E-state index contributed by atoms with van der Waals surface area (Å²) in [5.41, 5.74) is -0.338. The Balaban J connectivity index is 0.000000469. The second-order valence-electron chi connectivity index (χ2n) is 6.31. The van der Waals surface area contributed by atoms with Gasteiger partial charge in [0.2, 0.25) is 0 Å². The molecule has 0 aliphatic carbocycles. The van der Waals surface area contributed by atoms with Crippen molar-refractivity contribution in [1.82, 2.24) is 9.80 Å². The number of alkyl halides is 3. The highest BCUT2D eigenvalue weighted by molar-refractivity contribution is 6.27. The average Bonchev–Trinajstić information content (AvgIpc) is 3.23. The van der Waals surface area contributed by atoms with Gasteiger partial charge < -0.3 is 19.5 Å². The van der Waals surface area contributed by atoms with Crippen LogP contribution in [0.15, 0.2) is 47.1 Å². The lowest BCUT2D eigenvalue weighted by Gasteiger charge is -2.34. The molecule has 0 saturated carbocycles. The number of amides is 1. The smallest absolute Gasteiger partial charge is 0.416 e. The van der Waals surface area contributed by atoms with Crippen molar-refractivity contribution in [3.8, 4) is 0 Å². The van der Waals surface area contributed by atoms with Crippen LogP contribution in [-0.4, -0.2) is 64.0 Å². The second-order valence-corrected chi connectivity index (χ2v) is 6.31. The highest BCUT2D eigenvalue weighted by Crippen LogP contribution is 2.32. The minimum atomic E-state index is -4.35. The largest absolute Gasteiger partial charge is 0.473 e. The first-order valence-electron chi connectivity index (χ1n) is 8.76. The molecule has 2 N–H and O–H groups in total. The molecule has 0 spiro atoms. The Kier molecular flexibility index (Phi) is 7.59. The van der Waals surface area contributed by atoms with E-state index < -0.39 is 23.7 Å². The molecule has 3 rings (SSSR count). The van der Waals surface area contributed by atoms with Crippen molar-refractivity contribution in [2.24, 2.45) is 0 Å². The molecule has 1 saturated heterocycles. The zero-order valence-electron chi connectivity index (χ0n) is 15.6. The number of carbonyl (C=O) groups excluding carboxylic acids is 1. The Morgan fingerprint density at radius 2 is 1.53 bits per heavy atom. The van der Waals surface area contributed by atoms with E-state index in [2.05, 4.69) is 0 Å². The van der Waals surface area contributed by atoms with Crippen molar-refractivity contribution in [2.75, 3.05) is 26.2 Å². The number of aliphatic carboxylic acids is 2. The van der Waals surface area contributed by atoms with Crippen LogP contribution >= 0.6 is 0 Å². The van der Waals surface area contributed by atoms with E-state index in [1.54, 1.807) is 23.1 Å². The summed E-state index contributed by atoms with van der Waals surface area (Å²) in [5.74, 6) is -3.55. The maximum atomic E-state index is 13.0. The van der Waals surface area contributed by atoms with Crippen molar-refractivity contribution in [2.45, 2.75) is 12.7 Å². The molecule has 2 aromatic rings. The summed E-state index contributed by atoms with van der Waals surface area (Å²) in [6.07, 6.45) is -2.91. The molecule has 1 aromatic heterocycles. The molecule has 0 bridgehead atoms. The highest BCUT2D eigenvalue weighted by Gasteiger charge is 2.33. The molecule has 8 nitrogen and oxygen atoms in total. The molecule has 1 aliphatic rings. The molecule has 11 heteroatoms. The third kappa shape index (κ3) is 6.34. The number of carboxylic acid groups (broad SMARTS) is 2. The number of hydrogen-bond acceptors (Lipinski definition) is 5. The van der Waals surface area contributed by atoms with Gasteiger partial charge in [-0.05, 0) is 23.8 Å². The predicted octanol–water partition coefficient (Wildman–Crippen LogP) is 2.41. The molecule has 1 aliphatic heterocycles. The predicted molar refractivity (Wildman–Crippen MR) is 96.6 cm³/mol. The Morgan fingerprint density at radius 3 is 2.03 bits per heavy atom. The third-order valence-electron chi connectivity index (χ3n) is 4.29. The van der Waals surface area contributed by atoms with Crippen LogP contribution in [0.25, 0.3) is 0 Å². The van der Waals surface area contributed by atoms with Crippen LogP contribution in [0.3, 0.4) is 0 Å². The monoisotopic (exact) mass is 428 g/mol. The summed E-state index contributed by atoms with van der Waals surface area (Å²) in [4.78, 5) is 34.0. The van der Waals surface area contributed by atoms with Crippen molar-refractivity contribution < 1.29 is 42.2 Å². The molecule has 0 radical (unpaired) electrons. The van der Waals surface area contributed by atoms with Crippen LogP contribution in [0.4, 0.5) is 13.2 Å².